The van der Waals surface area contributed by atoms with Gasteiger partial charge in [0, 0.05) is 0 Å². The van der Waals surface area contributed by atoms with Crippen molar-refractivity contribution in [3.8, 4) is 6.01 Å². The highest BCUT2D eigenvalue weighted by Gasteiger charge is 2.62. The second kappa shape index (κ2) is 4.87. The van der Waals surface area contributed by atoms with Crippen molar-refractivity contribution in [2.75, 3.05) is 6.61 Å². The van der Waals surface area contributed by atoms with Gasteiger partial charge in [0.25, 0.3) is 0 Å². The van der Waals surface area contributed by atoms with Gasteiger partial charge in [0.15, 0.2) is 11.9 Å². The number of hydrogen-bond donors (Lipinski definition) is 2. The molecule has 8 nitrogen and oxygen atoms in total. The number of ether oxygens (including phenoxy) is 2. The van der Waals surface area contributed by atoms with Crippen LogP contribution < -0.4 is 4.74 Å². The van der Waals surface area contributed by atoms with Crippen molar-refractivity contribution in [2.24, 2.45) is 11.3 Å². The lowest BCUT2D eigenvalue weighted by atomic mass is 10.1. The van der Waals surface area contributed by atoms with Crippen molar-refractivity contribution in [3.05, 3.63) is 12.5 Å². The van der Waals surface area contributed by atoms with Crippen molar-refractivity contribution in [1.82, 2.24) is 19.5 Å². The van der Waals surface area contributed by atoms with Gasteiger partial charge in [-0.1, -0.05) is 0 Å². The van der Waals surface area contributed by atoms with E-state index in [1.54, 1.807) is 24.0 Å². The van der Waals surface area contributed by atoms with E-state index >= 15 is 0 Å². The Labute approximate surface area is 138 Å². The van der Waals surface area contributed by atoms with E-state index in [1.807, 2.05) is 0 Å². The van der Waals surface area contributed by atoms with Crippen molar-refractivity contribution in [2.45, 2.75) is 50.7 Å². The predicted molar refractivity (Wildman–Crippen MR) is 82.2 cm³/mol. The summed E-state index contributed by atoms with van der Waals surface area (Å²) in [5, 5.41) is 20.1. The van der Waals surface area contributed by atoms with Crippen LogP contribution in [0, 0.1) is 11.3 Å². The fourth-order valence-corrected chi connectivity index (χ4v) is 3.74. The normalized spacial score (nSPS) is 36.4. The zero-order valence-corrected chi connectivity index (χ0v) is 13.4. The highest BCUT2D eigenvalue weighted by Crippen LogP contribution is 2.70. The molecule has 24 heavy (non-hydrogen) atoms. The predicted octanol–water partition coefficient (Wildman–Crippen LogP) is 0.644. The van der Waals surface area contributed by atoms with Crippen LogP contribution in [0.1, 0.15) is 32.4 Å². The molecule has 5 rings (SSSR count). The van der Waals surface area contributed by atoms with Gasteiger partial charge < -0.3 is 19.7 Å². The molecule has 1 unspecified atom stereocenters. The topological polar surface area (TPSA) is 103 Å². The first kappa shape index (κ1) is 14.6. The molecule has 128 valence electrons. The first-order chi connectivity index (χ1) is 11.6. The molecule has 3 fully saturated rings. The minimum atomic E-state index is -1.03. The van der Waals surface area contributed by atoms with Crippen LogP contribution >= 0.6 is 0 Å². The van der Waals surface area contributed by atoms with E-state index in [2.05, 4.69) is 15.0 Å². The van der Waals surface area contributed by atoms with Crippen LogP contribution in [0.4, 0.5) is 0 Å². The number of aliphatic hydroxyl groups excluding tert-OH is 2. The lowest BCUT2D eigenvalue weighted by molar-refractivity contribution is -0.0300. The summed E-state index contributed by atoms with van der Waals surface area (Å²) >= 11 is 0. The number of hydrogen-bond acceptors (Lipinski definition) is 7. The standard InChI is InChI=1S/C16H20N4O4/c1-8-11(21)12(22)14(24-8)20-7-18-10-5-17-15(19-13(10)20)23-6-9-4-16(9)2-3-16/h5,7-9,11-12,14,21-22H,2-4,6H2,1H3/t8-,9?,11-,12-,14-/m1/s1. The molecule has 2 aromatic rings. The van der Waals surface area contributed by atoms with Gasteiger partial charge in [0.2, 0.25) is 0 Å². The van der Waals surface area contributed by atoms with E-state index in [4.69, 9.17) is 9.47 Å². The van der Waals surface area contributed by atoms with Gasteiger partial charge in [-0.2, -0.15) is 4.98 Å². The highest BCUT2D eigenvalue weighted by atomic mass is 16.6. The van der Waals surface area contributed by atoms with Crippen molar-refractivity contribution in [3.63, 3.8) is 0 Å². The minimum Gasteiger partial charge on any atom is -0.463 e. The molecular formula is C16H20N4O4. The zero-order chi connectivity index (χ0) is 16.5. The van der Waals surface area contributed by atoms with E-state index in [1.165, 1.54) is 19.3 Å². The molecule has 5 atom stereocenters. The number of fused-ring (bicyclic) bond motifs is 1. The third-order valence-electron chi connectivity index (χ3n) is 5.71. The second-order valence-corrected chi connectivity index (χ2v) is 7.30. The van der Waals surface area contributed by atoms with Crippen LogP contribution in [0.5, 0.6) is 6.01 Å². The zero-order valence-electron chi connectivity index (χ0n) is 13.4. The molecular weight excluding hydrogens is 312 g/mol. The third-order valence-corrected chi connectivity index (χ3v) is 5.71. The van der Waals surface area contributed by atoms with Gasteiger partial charge in [-0.3, -0.25) is 4.57 Å². The average molecular weight is 332 g/mol. The van der Waals surface area contributed by atoms with Crippen LogP contribution in [0.2, 0.25) is 0 Å². The van der Waals surface area contributed by atoms with E-state index in [0.717, 1.165) is 0 Å². The first-order valence-corrected chi connectivity index (χ1v) is 8.41. The smallest absolute Gasteiger partial charge is 0.318 e. The Kier molecular flexibility index (Phi) is 2.96. The number of imidazole rings is 1. The fourth-order valence-electron chi connectivity index (χ4n) is 3.74. The molecule has 3 heterocycles. The first-order valence-electron chi connectivity index (χ1n) is 8.41. The largest absolute Gasteiger partial charge is 0.463 e. The molecule has 2 saturated carbocycles. The average Bonchev–Trinajstić information content (AvgIpc) is 3.45. The van der Waals surface area contributed by atoms with Crippen LogP contribution in [0.15, 0.2) is 12.5 Å². The summed E-state index contributed by atoms with van der Waals surface area (Å²) in [5.74, 6) is 0.637. The summed E-state index contributed by atoms with van der Waals surface area (Å²) in [4.78, 5) is 12.9. The SMILES string of the molecule is C[C@H]1O[C@@H](n2cnc3cnc(OCC4CC45CC5)nc32)[C@H](O)[C@@H]1O. The van der Waals surface area contributed by atoms with Crippen LogP contribution in [-0.4, -0.2) is 54.7 Å². The summed E-state index contributed by atoms with van der Waals surface area (Å²) in [5.41, 5.74) is 1.71. The van der Waals surface area contributed by atoms with Gasteiger partial charge >= 0.3 is 6.01 Å². The Morgan fingerprint density at radius 1 is 1.33 bits per heavy atom. The molecule has 0 bridgehead atoms. The number of aliphatic hydroxyl groups is 2. The maximum Gasteiger partial charge on any atom is 0.318 e. The number of nitrogens with zero attached hydrogens (tertiary/aromatic N) is 4. The monoisotopic (exact) mass is 332 g/mol. The van der Waals surface area contributed by atoms with Gasteiger partial charge in [-0.05, 0) is 37.5 Å². The molecule has 0 amide bonds. The molecule has 3 aliphatic rings. The maximum atomic E-state index is 10.2. The van der Waals surface area contributed by atoms with Crippen molar-refractivity contribution >= 4 is 11.2 Å². The Bertz CT molecular complexity index is 789. The lowest BCUT2D eigenvalue weighted by Crippen LogP contribution is -2.30. The Balaban J connectivity index is 1.39. The Morgan fingerprint density at radius 2 is 2.17 bits per heavy atom. The van der Waals surface area contributed by atoms with E-state index < -0.39 is 24.5 Å². The summed E-state index contributed by atoms with van der Waals surface area (Å²) in [6, 6.07) is 0.313. The lowest BCUT2D eigenvalue weighted by Gasteiger charge is -2.16. The molecule has 1 spiro atoms. The number of rotatable bonds is 4. The van der Waals surface area contributed by atoms with Crippen LogP contribution in [-0.2, 0) is 4.74 Å². The molecule has 0 aromatic carbocycles. The van der Waals surface area contributed by atoms with Gasteiger partial charge in [0.1, 0.15) is 17.7 Å². The van der Waals surface area contributed by atoms with Crippen molar-refractivity contribution < 1.29 is 19.7 Å². The van der Waals surface area contributed by atoms with Crippen LogP contribution in [0.25, 0.3) is 11.2 Å². The van der Waals surface area contributed by atoms with E-state index in [0.29, 0.717) is 35.1 Å². The molecule has 1 aliphatic heterocycles. The summed E-state index contributed by atoms with van der Waals surface area (Å²) < 4.78 is 13.0. The molecule has 2 aliphatic carbocycles. The fraction of sp³-hybridized carbons (Fsp3) is 0.688. The summed E-state index contributed by atoms with van der Waals surface area (Å²) in [6.07, 6.45) is 3.91. The van der Waals surface area contributed by atoms with E-state index in [9.17, 15) is 10.2 Å². The van der Waals surface area contributed by atoms with Gasteiger partial charge in [-0.25, -0.2) is 9.97 Å². The molecule has 0 radical (unpaired) electrons. The molecule has 2 N–H and O–H groups in total. The Hall–Kier alpha value is -1.77. The summed E-state index contributed by atoms with van der Waals surface area (Å²) in [6.45, 7) is 2.37. The summed E-state index contributed by atoms with van der Waals surface area (Å²) in [7, 11) is 0. The maximum absolute atomic E-state index is 10.2. The van der Waals surface area contributed by atoms with Crippen molar-refractivity contribution in [1.29, 1.82) is 0 Å². The number of aromatic nitrogens is 4. The molecule has 8 heteroatoms. The van der Waals surface area contributed by atoms with Gasteiger partial charge in [-0.15, -0.1) is 0 Å². The van der Waals surface area contributed by atoms with E-state index in [-0.39, 0.29) is 0 Å². The Morgan fingerprint density at radius 3 is 2.83 bits per heavy atom. The molecule has 2 aromatic heterocycles. The third kappa shape index (κ3) is 2.13. The molecule has 1 saturated heterocycles. The highest BCUT2D eigenvalue weighted by molar-refractivity contribution is 5.69. The van der Waals surface area contributed by atoms with Gasteiger partial charge in [0.05, 0.1) is 25.2 Å². The second-order valence-electron chi connectivity index (χ2n) is 7.30. The minimum absolute atomic E-state index is 0.313. The quantitative estimate of drug-likeness (QED) is 0.847. The van der Waals surface area contributed by atoms with Crippen LogP contribution in [0.3, 0.4) is 0 Å².